The molecule has 0 bridgehead atoms. The third-order valence-corrected chi connectivity index (χ3v) is 5.85. The smallest absolute Gasteiger partial charge is 0.340 e. The molecule has 0 aliphatic rings. The van der Waals surface area contributed by atoms with E-state index in [2.05, 4.69) is 22.8 Å². The normalized spacial score (nSPS) is 11.4. The van der Waals surface area contributed by atoms with Gasteiger partial charge in [0.25, 0.3) is 0 Å². The van der Waals surface area contributed by atoms with Gasteiger partial charge in [-0.05, 0) is 48.5 Å². The molecule has 0 aliphatic carbocycles. The van der Waals surface area contributed by atoms with E-state index in [1.165, 1.54) is 24.0 Å². The molecule has 3 rings (SSSR count). The summed E-state index contributed by atoms with van der Waals surface area (Å²) in [6.45, 7) is 2.01. The molecule has 30 heavy (non-hydrogen) atoms. The fourth-order valence-electron chi connectivity index (χ4n) is 3.01. The van der Waals surface area contributed by atoms with Gasteiger partial charge in [0.15, 0.2) is 5.11 Å². The molecule has 0 aliphatic heterocycles. The second kappa shape index (κ2) is 10.2. The molecule has 0 saturated carbocycles. The molecule has 0 saturated heterocycles. The van der Waals surface area contributed by atoms with Crippen molar-refractivity contribution in [3.05, 3.63) is 82.2 Å². The minimum Gasteiger partial charge on any atom is -0.497 e. The Morgan fingerprint density at radius 3 is 2.57 bits per heavy atom. The van der Waals surface area contributed by atoms with E-state index in [1.54, 1.807) is 7.11 Å². The minimum absolute atomic E-state index is 0.0366. The number of esters is 1. The van der Waals surface area contributed by atoms with Crippen LogP contribution in [-0.4, -0.2) is 25.3 Å². The van der Waals surface area contributed by atoms with Crippen molar-refractivity contribution in [2.75, 3.05) is 19.5 Å². The lowest BCUT2D eigenvalue weighted by Crippen LogP contribution is -2.31. The minimum atomic E-state index is -0.392. The van der Waals surface area contributed by atoms with Gasteiger partial charge in [0.1, 0.15) is 10.8 Å². The molecule has 5 nitrogen and oxygen atoms in total. The number of anilines is 1. The number of carbonyl (C=O) groups is 1. The Hall–Kier alpha value is -2.90. The van der Waals surface area contributed by atoms with Crippen LogP contribution >= 0.6 is 23.6 Å². The molecule has 1 unspecified atom stereocenters. The van der Waals surface area contributed by atoms with Gasteiger partial charge >= 0.3 is 5.97 Å². The lowest BCUT2D eigenvalue weighted by molar-refractivity contribution is 0.0602. The number of thiocarbonyl (C=S) groups is 1. The first kappa shape index (κ1) is 21.8. The molecular weight excluding hydrogens is 416 g/mol. The van der Waals surface area contributed by atoms with E-state index in [1.807, 2.05) is 55.5 Å². The standard InChI is InChI=1S/C23H24N2O3S2/c1-15(17-10-7-11-18(13-17)27-2)24-23(29)25-21-20(22(26)28-3)14-19(30-21)12-16-8-5-4-6-9-16/h4-11,13-15H,12H2,1-3H3,(H2,24,25,29). The Morgan fingerprint density at radius 1 is 1.10 bits per heavy atom. The van der Waals surface area contributed by atoms with Gasteiger partial charge < -0.3 is 20.1 Å². The molecule has 0 fully saturated rings. The average Bonchev–Trinajstić information content (AvgIpc) is 3.15. The third kappa shape index (κ3) is 5.58. The predicted molar refractivity (Wildman–Crippen MR) is 126 cm³/mol. The maximum atomic E-state index is 12.3. The monoisotopic (exact) mass is 440 g/mol. The van der Waals surface area contributed by atoms with Gasteiger partial charge in [-0.2, -0.15) is 0 Å². The highest BCUT2D eigenvalue weighted by Gasteiger charge is 2.18. The zero-order chi connectivity index (χ0) is 21.5. The van der Waals surface area contributed by atoms with Crippen LogP contribution in [0.15, 0.2) is 60.7 Å². The highest BCUT2D eigenvalue weighted by atomic mass is 32.1. The van der Waals surface area contributed by atoms with Crippen molar-refractivity contribution in [1.29, 1.82) is 0 Å². The summed E-state index contributed by atoms with van der Waals surface area (Å²) in [7, 11) is 3.02. The van der Waals surface area contributed by atoms with Crippen LogP contribution < -0.4 is 15.4 Å². The molecule has 0 amide bonds. The van der Waals surface area contributed by atoms with E-state index in [-0.39, 0.29) is 6.04 Å². The fourth-order valence-corrected chi connectivity index (χ4v) is 4.44. The molecule has 0 radical (unpaired) electrons. The van der Waals surface area contributed by atoms with E-state index in [0.29, 0.717) is 15.7 Å². The number of ether oxygens (including phenoxy) is 2. The van der Waals surface area contributed by atoms with E-state index in [0.717, 1.165) is 22.6 Å². The number of methoxy groups -OCH3 is 2. The molecular formula is C23H24N2O3S2. The van der Waals surface area contributed by atoms with Gasteiger partial charge in [0, 0.05) is 11.3 Å². The van der Waals surface area contributed by atoms with Gasteiger partial charge in [-0.15, -0.1) is 11.3 Å². The average molecular weight is 441 g/mol. The SMILES string of the molecule is COC(=O)c1cc(Cc2ccccc2)sc1NC(=S)NC(C)c1cccc(OC)c1. The predicted octanol–water partition coefficient (Wildman–Crippen LogP) is 5.18. The molecule has 7 heteroatoms. The van der Waals surface area contributed by atoms with E-state index >= 15 is 0 Å². The first-order chi connectivity index (χ1) is 14.5. The van der Waals surface area contributed by atoms with Crippen LogP contribution in [-0.2, 0) is 11.2 Å². The molecule has 156 valence electrons. The number of hydrogen-bond donors (Lipinski definition) is 2. The Bertz CT molecular complexity index is 1020. The summed E-state index contributed by atoms with van der Waals surface area (Å²) in [5.41, 5.74) is 2.70. The number of nitrogens with one attached hydrogen (secondary N) is 2. The van der Waals surface area contributed by atoms with Crippen molar-refractivity contribution in [3.8, 4) is 5.75 Å². The lowest BCUT2D eigenvalue weighted by atomic mass is 10.1. The summed E-state index contributed by atoms with van der Waals surface area (Å²) in [6.07, 6.45) is 0.734. The van der Waals surface area contributed by atoms with Crippen LogP contribution in [0, 0.1) is 0 Å². The second-order valence-corrected chi connectivity index (χ2v) is 8.25. The highest BCUT2D eigenvalue weighted by Crippen LogP contribution is 2.31. The van der Waals surface area contributed by atoms with Crippen molar-refractivity contribution in [1.82, 2.24) is 5.32 Å². The molecule has 2 N–H and O–H groups in total. The Balaban J connectivity index is 1.73. The topological polar surface area (TPSA) is 59.6 Å². The van der Waals surface area contributed by atoms with Crippen LogP contribution in [0.1, 0.15) is 39.3 Å². The second-order valence-electron chi connectivity index (χ2n) is 6.71. The molecule has 0 spiro atoms. The largest absolute Gasteiger partial charge is 0.497 e. The maximum Gasteiger partial charge on any atom is 0.340 e. The van der Waals surface area contributed by atoms with Crippen LogP contribution in [0.2, 0.25) is 0 Å². The molecule has 3 aromatic rings. The van der Waals surface area contributed by atoms with Gasteiger partial charge in [0.05, 0.1) is 25.8 Å². The molecule has 1 atom stereocenters. The van der Waals surface area contributed by atoms with Crippen LogP contribution in [0.3, 0.4) is 0 Å². The Labute approximate surface area is 186 Å². The molecule has 1 aromatic heterocycles. The van der Waals surface area contributed by atoms with Crippen molar-refractivity contribution < 1.29 is 14.3 Å². The van der Waals surface area contributed by atoms with Gasteiger partial charge in [0.2, 0.25) is 0 Å². The lowest BCUT2D eigenvalue weighted by Gasteiger charge is -2.18. The van der Waals surface area contributed by atoms with E-state index in [9.17, 15) is 4.79 Å². The number of benzene rings is 2. The summed E-state index contributed by atoms with van der Waals surface area (Å²) in [4.78, 5) is 13.3. The summed E-state index contributed by atoms with van der Waals surface area (Å²) < 4.78 is 10.2. The third-order valence-electron chi connectivity index (χ3n) is 4.58. The Morgan fingerprint density at radius 2 is 1.87 bits per heavy atom. The van der Waals surface area contributed by atoms with Crippen molar-refractivity contribution >= 4 is 39.6 Å². The van der Waals surface area contributed by atoms with Crippen molar-refractivity contribution in [2.24, 2.45) is 0 Å². The van der Waals surface area contributed by atoms with E-state index in [4.69, 9.17) is 21.7 Å². The van der Waals surface area contributed by atoms with Crippen LogP contribution in [0.4, 0.5) is 5.00 Å². The van der Waals surface area contributed by atoms with Crippen molar-refractivity contribution in [3.63, 3.8) is 0 Å². The highest BCUT2D eigenvalue weighted by molar-refractivity contribution is 7.80. The number of hydrogen-bond acceptors (Lipinski definition) is 5. The number of carbonyl (C=O) groups excluding carboxylic acids is 1. The summed E-state index contributed by atoms with van der Waals surface area (Å²) in [5.74, 6) is 0.397. The summed E-state index contributed by atoms with van der Waals surface area (Å²) in [5, 5.41) is 7.53. The number of rotatable bonds is 7. The number of thiophene rings is 1. The summed E-state index contributed by atoms with van der Waals surface area (Å²) in [6, 6.07) is 19.7. The fraction of sp³-hybridized carbons (Fsp3) is 0.217. The zero-order valence-electron chi connectivity index (χ0n) is 17.1. The van der Waals surface area contributed by atoms with Gasteiger partial charge in [-0.1, -0.05) is 42.5 Å². The van der Waals surface area contributed by atoms with Crippen LogP contribution in [0.25, 0.3) is 0 Å². The van der Waals surface area contributed by atoms with Crippen LogP contribution in [0.5, 0.6) is 5.75 Å². The maximum absolute atomic E-state index is 12.3. The van der Waals surface area contributed by atoms with Gasteiger partial charge in [-0.25, -0.2) is 4.79 Å². The first-order valence-corrected chi connectivity index (χ1v) is 10.7. The Kier molecular flexibility index (Phi) is 7.43. The first-order valence-electron chi connectivity index (χ1n) is 9.46. The zero-order valence-corrected chi connectivity index (χ0v) is 18.7. The molecule has 1 heterocycles. The van der Waals surface area contributed by atoms with E-state index < -0.39 is 5.97 Å². The summed E-state index contributed by atoms with van der Waals surface area (Å²) >= 11 is 6.99. The van der Waals surface area contributed by atoms with Gasteiger partial charge in [-0.3, -0.25) is 0 Å². The quantitative estimate of drug-likeness (QED) is 0.390. The molecule has 2 aromatic carbocycles. The van der Waals surface area contributed by atoms with Crippen molar-refractivity contribution in [2.45, 2.75) is 19.4 Å².